The summed E-state index contributed by atoms with van der Waals surface area (Å²) in [5, 5.41) is 3.27. The second kappa shape index (κ2) is 6.56. The molecule has 0 saturated carbocycles. The minimum atomic E-state index is -0.197. The summed E-state index contributed by atoms with van der Waals surface area (Å²) in [6.45, 7) is 2.72. The second-order valence-electron chi connectivity index (χ2n) is 7.21. The Balaban J connectivity index is 1.38. The molecule has 1 spiro atoms. The number of halogens is 1. The fourth-order valence-electron chi connectivity index (χ4n) is 4.06. The van der Waals surface area contributed by atoms with Gasteiger partial charge < -0.3 is 5.32 Å². The molecule has 2 aliphatic rings. The van der Waals surface area contributed by atoms with Crippen molar-refractivity contribution in [1.29, 1.82) is 0 Å². The van der Waals surface area contributed by atoms with Crippen LogP contribution < -0.4 is 5.32 Å². The molecule has 25 heavy (non-hydrogen) atoms. The van der Waals surface area contributed by atoms with Crippen molar-refractivity contribution in [3.8, 4) is 0 Å². The lowest BCUT2D eigenvalue weighted by atomic mass is 9.82. The number of rotatable bonds is 3. The van der Waals surface area contributed by atoms with Crippen molar-refractivity contribution < 1.29 is 9.18 Å². The summed E-state index contributed by atoms with van der Waals surface area (Å²) in [5.74, 6) is -0.123. The molecule has 1 aromatic carbocycles. The molecule has 0 aliphatic carbocycles. The van der Waals surface area contributed by atoms with Crippen LogP contribution in [0.2, 0.25) is 0 Å². The van der Waals surface area contributed by atoms with Gasteiger partial charge in [0.1, 0.15) is 5.82 Å². The molecule has 0 radical (unpaired) electrons. The van der Waals surface area contributed by atoms with Crippen LogP contribution in [0.5, 0.6) is 0 Å². The van der Waals surface area contributed by atoms with Gasteiger partial charge in [-0.2, -0.15) is 0 Å². The number of amides is 1. The van der Waals surface area contributed by atoms with Crippen LogP contribution in [0.1, 0.15) is 36.3 Å². The van der Waals surface area contributed by atoms with Gasteiger partial charge in [-0.3, -0.25) is 14.7 Å². The molecule has 0 bridgehead atoms. The first-order chi connectivity index (χ1) is 12.1. The maximum absolute atomic E-state index is 13.0. The zero-order valence-electron chi connectivity index (χ0n) is 14.1. The number of aromatic nitrogens is 1. The van der Waals surface area contributed by atoms with Crippen molar-refractivity contribution in [2.45, 2.75) is 37.3 Å². The van der Waals surface area contributed by atoms with Gasteiger partial charge in [0, 0.05) is 37.6 Å². The van der Waals surface area contributed by atoms with Crippen LogP contribution in [-0.4, -0.2) is 34.4 Å². The fraction of sp³-hybridized carbons (Fsp3) is 0.400. The zero-order chi connectivity index (χ0) is 17.3. The van der Waals surface area contributed by atoms with Crippen molar-refractivity contribution in [3.63, 3.8) is 0 Å². The van der Waals surface area contributed by atoms with Crippen molar-refractivity contribution in [3.05, 3.63) is 65.7 Å². The largest absolute Gasteiger partial charge is 0.350 e. The Morgan fingerprint density at radius 1 is 1.12 bits per heavy atom. The lowest BCUT2D eigenvalue weighted by Crippen LogP contribution is -2.50. The van der Waals surface area contributed by atoms with Gasteiger partial charge in [-0.25, -0.2) is 4.39 Å². The quantitative estimate of drug-likeness (QED) is 0.935. The summed E-state index contributed by atoms with van der Waals surface area (Å²) in [6, 6.07) is 10.6. The number of likely N-dealkylation sites (tertiary alicyclic amines) is 1. The summed E-state index contributed by atoms with van der Waals surface area (Å²) in [7, 11) is 0. The Morgan fingerprint density at radius 2 is 1.80 bits per heavy atom. The molecule has 2 aromatic rings. The number of pyridine rings is 1. The van der Waals surface area contributed by atoms with Crippen LogP contribution in [0, 0.1) is 5.82 Å². The van der Waals surface area contributed by atoms with Crippen molar-refractivity contribution in [2.75, 3.05) is 13.1 Å². The van der Waals surface area contributed by atoms with Gasteiger partial charge in [0.25, 0.3) is 0 Å². The third-order valence-electron chi connectivity index (χ3n) is 5.54. The molecule has 4 rings (SSSR count). The zero-order valence-corrected chi connectivity index (χ0v) is 14.1. The molecule has 0 unspecified atom stereocenters. The van der Waals surface area contributed by atoms with E-state index in [1.807, 2.05) is 24.3 Å². The van der Waals surface area contributed by atoms with Crippen molar-refractivity contribution >= 4 is 5.91 Å². The molecule has 4 nitrogen and oxygen atoms in total. The molecular weight excluding hydrogens is 317 g/mol. The predicted octanol–water partition coefficient (Wildman–Crippen LogP) is 2.86. The van der Waals surface area contributed by atoms with Crippen LogP contribution in [0.25, 0.3) is 0 Å². The summed E-state index contributed by atoms with van der Waals surface area (Å²) in [4.78, 5) is 18.9. The lowest BCUT2D eigenvalue weighted by molar-refractivity contribution is -0.121. The molecule has 1 N–H and O–H groups in total. The number of nitrogens with one attached hydrogen (secondary N) is 1. The van der Waals surface area contributed by atoms with Crippen molar-refractivity contribution in [2.24, 2.45) is 0 Å². The van der Waals surface area contributed by atoms with Crippen LogP contribution >= 0.6 is 0 Å². The average molecular weight is 339 g/mol. The first kappa shape index (κ1) is 16.2. The Kier molecular flexibility index (Phi) is 4.25. The highest BCUT2D eigenvalue weighted by Gasteiger charge is 2.46. The third-order valence-corrected chi connectivity index (χ3v) is 5.54. The van der Waals surface area contributed by atoms with E-state index in [2.05, 4.69) is 15.2 Å². The van der Waals surface area contributed by atoms with Crippen LogP contribution in [0.15, 0.2) is 48.8 Å². The van der Waals surface area contributed by atoms with Crippen LogP contribution in [0.4, 0.5) is 4.39 Å². The van der Waals surface area contributed by atoms with Gasteiger partial charge in [0.2, 0.25) is 5.91 Å². The van der Waals surface area contributed by atoms with E-state index in [0.29, 0.717) is 0 Å². The summed E-state index contributed by atoms with van der Waals surface area (Å²) in [5.41, 5.74) is 2.10. The van der Waals surface area contributed by atoms with Gasteiger partial charge in [0.05, 0.1) is 5.92 Å². The Labute approximate surface area is 147 Å². The molecule has 130 valence electrons. The molecule has 2 aliphatic heterocycles. The van der Waals surface area contributed by atoms with Crippen LogP contribution in [0.3, 0.4) is 0 Å². The van der Waals surface area contributed by atoms with E-state index in [0.717, 1.165) is 50.0 Å². The van der Waals surface area contributed by atoms with E-state index in [-0.39, 0.29) is 23.2 Å². The number of piperidine rings is 1. The van der Waals surface area contributed by atoms with E-state index in [1.165, 1.54) is 12.1 Å². The molecule has 1 aromatic heterocycles. The van der Waals surface area contributed by atoms with Crippen molar-refractivity contribution in [1.82, 2.24) is 15.2 Å². The lowest BCUT2D eigenvalue weighted by Gasteiger charge is -2.39. The van der Waals surface area contributed by atoms with Gasteiger partial charge >= 0.3 is 0 Å². The highest BCUT2D eigenvalue weighted by Crippen LogP contribution is 2.39. The smallest absolute Gasteiger partial charge is 0.228 e. The molecule has 2 fully saturated rings. The SMILES string of the molecule is O=C1NC2(CCN(Cc3ccc(F)cc3)CC2)C[C@H]1c1ccncc1. The Hall–Kier alpha value is -2.27. The van der Waals surface area contributed by atoms with E-state index in [9.17, 15) is 9.18 Å². The average Bonchev–Trinajstić information content (AvgIpc) is 2.96. The predicted molar refractivity (Wildman–Crippen MR) is 93.4 cm³/mol. The Bertz CT molecular complexity index is 739. The Morgan fingerprint density at radius 3 is 2.48 bits per heavy atom. The highest BCUT2D eigenvalue weighted by molar-refractivity contribution is 5.87. The topological polar surface area (TPSA) is 45.2 Å². The number of hydrogen-bond acceptors (Lipinski definition) is 3. The molecule has 5 heteroatoms. The first-order valence-electron chi connectivity index (χ1n) is 8.82. The maximum atomic E-state index is 13.0. The molecule has 1 atom stereocenters. The van der Waals surface area contributed by atoms with E-state index in [4.69, 9.17) is 0 Å². The summed E-state index contributed by atoms with van der Waals surface area (Å²) in [6.07, 6.45) is 6.28. The van der Waals surface area contributed by atoms with E-state index in [1.54, 1.807) is 12.4 Å². The maximum Gasteiger partial charge on any atom is 0.228 e. The van der Waals surface area contributed by atoms with Gasteiger partial charge in [0.15, 0.2) is 0 Å². The minimum Gasteiger partial charge on any atom is -0.350 e. The third kappa shape index (κ3) is 3.42. The highest BCUT2D eigenvalue weighted by atomic mass is 19.1. The van der Waals surface area contributed by atoms with E-state index < -0.39 is 0 Å². The molecule has 2 saturated heterocycles. The number of benzene rings is 1. The van der Waals surface area contributed by atoms with Gasteiger partial charge in [-0.15, -0.1) is 0 Å². The number of carbonyl (C=O) groups is 1. The second-order valence-corrected chi connectivity index (χ2v) is 7.21. The summed E-state index contributed by atoms with van der Waals surface area (Å²) < 4.78 is 13.0. The first-order valence-corrected chi connectivity index (χ1v) is 8.82. The van der Waals surface area contributed by atoms with Crippen LogP contribution in [-0.2, 0) is 11.3 Å². The van der Waals surface area contributed by atoms with Gasteiger partial charge in [-0.05, 0) is 54.7 Å². The van der Waals surface area contributed by atoms with E-state index >= 15 is 0 Å². The molecular formula is C20H22FN3O. The van der Waals surface area contributed by atoms with Gasteiger partial charge in [-0.1, -0.05) is 12.1 Å². The standard InChI is InChI=1S/C20H22FN3O/c21-17-3-1-15(2-4-17)14-24-11-7-20(8-12-24)13-18(19(25)23-20)16-5-9-22-10-6-16/h1-6,9-10,18H,7-8,11-14H2,(H,23,25)/t18-/m0/s1. The number of hydrogen-bond donors (Lipinski definition) is 1. The number of nitrogens with zero attached hydrogens (tertiary/aromatic N) is 2. The summed E-state index contributed by atoms with van der Waals surface area (Å²) >= 11 is 0. The minimum absolute atomic E-state index is 0.0633. The monoisotopic (exact) mass is 339 g/mol. The number of carbonyl (C=O) groups excluding carboxylic acids is 1. The normalized spacial score (nSPS) is 22.9. The molecule has 1 amide bonds. The fourth-order valence-corrected chi connectivity index (χ4v) is 4.06. The molecule has 3 heterocycles.